The Morgan fingerprint density at radius 1 is 1.10 bits per heavy atom. The fraction of sp³-hybridized carbons (Fsp3) is 0.294. The average molecular weight is 324 g/mol. The van der Waals surface area contributed by atoms with Crippen molar-refractivity contribution in [3.8, 4) is 5.75 Å². The first-order valence-corrected chi connectivity index (χ1v) is 7.78. The fourth-order valence-corrected chi connectivity index (χ4v) is 2.44. The summed E-state index contributed by atoms with van der Waals surface area (Å²) in [6.45, 7) is 4.82. The lowest BCUT2D eigenvalue weighted by Crippen LogP contribution is -2.22. The van der Waals surface area contributed by atoms with Crippen LogP contribution < -0.4 is 10.1 Å². The molecule has 4 heteroatoms. The van der Waals surface area contributed by atoms with E-state index in [9.17, 15) is 0 Å². The van der Waals surface area contributed by atoms with Crippen molar-refractivity contribution in [2.45, 2.75) is 26.4 Å². The minimum atomic E-state index is 0.0317. The first-order chi connectivity index (χ1) is 10.1. The van der Waals surface area contributed by atoms with E-state index in [1.54, 1.807) is 6.07 Å². The molecule has 2 nitrogen and oxygen atoms in total. The van der Waals surface area contributed by atoms with Crippen LogP contribution in [-0.4, -0.2) is 12.6 Å². The van der Waals surface area contributed by atoms with Crippen molar-refractivity contribution in [3.05, 3.63) is 58.1 Å². The summed E-state index contributed by atoms with van der Waals surface area (Å²) < 4.78 is 5.87. The van der Waals surface area contributed by atoms with Gasteiger partial charge >= 0.3 is 0 Å². The Balaban J connectivity index is 1.87. The van der Waals surface area contributed by atoms with Crippen molar-refractivity contribution in [2.75, 3.05) is 11.9 Å². The van der Waals surface area contributed by atoms with E-state index >= 15 is 0 Å². The quantitative estimate of drug-likeness (QED) is 0.764. The summed E-state index contributed by atoms with van der Waals surface area (Å²) in [5.74, 6) is 0.878. The standard InChI is InChI=1S/C17H19Cl2NO/c1-3-13-4-7-15(8-5-13)21-12(2)11-20-17-9-6-14(18)10-16(17)19/h4-10,12,20H,3,11H2,1-2H3. The Bertz CT molecular complexity index is 584. The maximum atomic E-state index is 6.12. The summed E-state index contributed by atoms with van der Waals surface area (Å²) in [5, 5.41) is 4.51. The van der Waals surface area contributed by atoms with Gasteiger partial charge in [-0.3, -0.25) is 0 Å². The third-order valence-electron chi connectivity index (χ3n) is 3.18. The van der Waals surface area contributed by atoms with Crippen LogP contribution in [0.2, 0.25) is 10.0 Å². The van der Waals surface area contributed by atoms with Crippen molar-refractivity contribution in [2.24, 2.45) is 0 Å². The molecule has 0 radical (unpaired) electrons. The predicted molar refractivity (Wildman–Crippen MR) is 90.9 cm³/mol. The summed E-state index contributed by atoms with van der Waals surface area (Å²) >= 11 is 12.0. The number of halogens is 2. The highest BCUT2D eigenvalue weighted by Crippen LogP contribution is 2.25. The smallest absolute Gasteiger partial charge is 0.119 e. The fourth-order valence-electron chi connectivity index (χ4n) is 1.96. The van der Waals surface area contributed by atoms with Gasteiger partial charge in [0.05, 0.1) is 17.3 Å². The van der Waals surface area contributed by atoms with E-state index in [0.29, 0.717) is 16.6 Å². The summed E-state index contributed by atoms with van der Waals surface area (Å²) in [6.07, 6.45) is 1.07. The number of benzene rings is 2. The molecule has 0 saturated carbocycles. The molecular formula is C17H19Cl2NO. The van der Waals surface area contributed by atoms with E-state index in [1.165, 1.54) is 5.56 Å². The maximum absolute atomic E-state index is 6.12. The third-order valence-corrected chi connectivity index (χ3v) is 3.73. The van der Waals surface area contributed by atoms with Gasteiger partial charge in [-0.15, -0.1) is 0 Å². The van der Waals surface area contributed by atoms with Gasteiger partial charge < -0.3 is 10.1 Å². The first-order valence-electron chi connectivity index (χ1n) is 7.03. The summed E-state index contributed by atoms with van der Waals surface area (Å²) in [7, 11) is 0. The Morgan fingerprint density at radius 2 is 1.81 bits per heavy atom. The van der Waals surface area contributed by atoms with Crippen molar-refractivity contribution in [1.29, 1.82) is 0 Å². The van der Waals surface area contributed by atoms with Gasteiger partial charge in [-0.05, 0) is 49.2 Å². The van der Waals surface area contributed by atoms with E-state index in [0.717, 1.165) is 17.9 Å². The summed E-state index contributed by atoms with van der Waals surface area (Å²) in [5.41, 5.74) is 2.17. The second kappa shape index (κ2) is 7.58. The van der Waals surface area contributed by atoms with Crippen LogP contribution in [0.5, 0.6) is 5.75 Å². The molecule has 0 aliphatic heterocycles. The molecule has 0 spiro atoms. The van der Waals surface area contributed by atoms with Crippen molar-refractivity contribution >= 4 is 28.9 Å². The first kappa shape index (κ1) is 16.0. The van der Waals surface area contributed by atoms with Crippen LogP contribution in [0.15, 0.2) is 42.5 Å². The molecule has 1 atom stereocenters. The monoisotopic (exact) mass is 323 g/mol. The van der Waals surface area contributed by atoms with E-state index in [2.05, 4.69) is 24.4 Å². The molecule has 0 fully saturated rings. The normalized spacial score (nSPS) is 12.0. The number of ether oxygens (including phenoxy) is 1. The minimum Gasteiger partial charge on any atom is -0.489 e. The maximum Gasteiger partial charge on any atom is 0.119 e. The minimum absolute atomic E-state index is 0.0317. The van der Waals surface area contributed by atoms with E-state index in [-0.39, 0.29) is 6.10 Å². The van der Waals surface area contributed by atoms with Crippen LogP contribution in [0.1, 0.15) is 19.4 Å². The number of hydrogen-bond acceptors (Lipinski definition) is 2. The molecular weight excluding hydrogens is 305 g/mol. The average Bonchev–Trinajstić information content (AvgIpc) is 2.47. The second-order valence-corrected chi connectivity index (χ2v) is 5.77. The van der Waals surface area contributed by atoms with Crippen molar-refractivity contribution in [3.63, 3.8) is 0 Å². The van der Waals surface area contributed by atoms with Crippen LogP contribution in [0.3, 0.4) is 0 Å². The zero-order valence-electron chi connectivity index (χ0n) is 12.2. The topological polar surface area (TPSA) is 21.3 Å². The zero-order valence-corrected chi connectivity index (χ0v) is 13.7. The highest BCUT2D eigenvalue weighted by molar-refractivity contribution is 6.36. The molecule has 0 aromatic heterocycles. The highest BCUT2D eigenvalue weighted by atomic mass is 35.5. The molecule has 0 amide bonds. The SMILES string of the molecule is CCc1ccc(OC(C)CNc2ccc(Cl)cc2Cl)cc1. The number of nitrogens with one attached hydrogen (secondary N) is 1. The lowest BCUT2D eigenvalue weighted by molar-refractivity contribution is 0.234. The second-order valence-electron chi connectivity index (χ2n) is 4.93. The molecule has 0 aliphatic rings. The molecule has 112 valence electrons. The van der Waals surface area contributed by atoms with E-state index < -0.39 is 0 Å². The predicted octanol–water partition coefficient (Wildman–Crippen LogP) is 5.44. The van der Waals surface area contributed by atoms with Gasteiger partial charge in [-0.25, -0.2) is 0 Å². The van der Waals surface area contributed by atoms with E-state index in [4.69, 9.17) is 27.9 Å². The van der Waals surface area contributed by atoms with Crippen LogP contribution in [0.25, 0.3) is 0 Å². The molecule has 1 N–H and O–H groups in total. The van der Waals surface area contributed by atoms with Crippen LogP contribution in [0, 0.1) is 0 Å². The Hall–Kier alpha value is -1.38. The Labute approximate surface area is 136 Å². The van der Waals surface area contributed by atoms with Crippen LogP contribution in [-0.2, 0) is 6.42 Å². The molecule has 0 heterocycles. The summed E-state index contributed by atoms with van der Waals surface area (Å²) in [6, 6.07) is 13.6. The lowest BCUT2D eigenvalue weighted by Gasteiger charge is -2.17. The van der Waals surface area contributed by atoms with Gasteiger partial charge in [0, 0.05) is 5.02 Å². The molecule has 21 heavy (non-hydrogen) atoms. The molecule has 1 unspecified atom stereocenters. The highest BCUT2D eigenvalue weighted by Gasteiger charge is 2.06. The van der Waals surface area contributed by atoms with Crippen molar-refractivity contribution < 1.29 is 4.74 Å². The van der Waals surface area contributed by atoms with Gasteiger partial charge in [0.2, 0.25) is 0 Å². The number of aryl methyl sites for hydroxylation is 1. The molecule has 2 aromatic carbocycles. The van der Waals surface area contributed by atoms with Crippen LogP contribution >= 0.6 is 23.2 Å². The molecule has 2 aromatic rings. The Kier molecular flexibility index (Phi) is 5.77. The van der Waals surface area contributed by atoms with E-state index in [1.807, 2.05) is 31.2 Å². The van der Waals surface area contributed by atoms with Gasteiger partial charge in [0.15, 0.2) is 0 Å². The zero-order chi connectivity index (χ0) is 15.2. The van der Waals surface area contributed by atoms with Crippen molar-refractivity contribution in [1.82, 2.24) is 0 Å². The third kappa shape index (κ3) is 4.83. The number of rotatable bonds is 6. The largest absolute Gasteiger partial charge is 0.489 e. The number of anilines is 1. The Morgan fingerprint density at radius 3 is 2.43 bits per heavy atom. The van der Waals surface area contributed by atoms with Crippen LogP contribution in [0.4, 0.5) is 5.69 Å². The summed E-state index contributed by atoms with van der Waals surface area (Å²) in [4.78, 5) is 0. The van der Waals surface area contributed by atoms with Gasteiger partial charge in [-0.2, -0.15) is 0 Å². The lowest BCUT2D eigenvalue weighted by atomic mass is 10.2. The molecule has 0 bridgehead atoms. The molecule has 0 saturated heterocycles. The van der Waals surface area contributed by atoms with Gasteiger partial charge in [-0.1, -0.05) is 42.3 Å². The molecule has 2 rings (SSSR count). The van der Waals surface area contributed by atoms with Gasteiger partial charge in [0.25, 0.3) is 0 Å². The number of hydrogen-bond donors (Lipinski definition) is 1. The van der Waals surface area contributed by atoms with Gasteiger partial charge in [0.1, 0.15) is 11.9 Å². The molecule has 0 aliphatic carbocycles.